The second kappa shape index (κ2) is 7.43. The molecule has 84 valence electrons. The predicted molar refractivity (Wildman–Crippen MR) is 61.8 cm³/mol. The van der Waals surface area contributed by atoms with Crippen LogP contribution in [0.5, 0.6) is 0 Å². The van der Waals surface area contributed by atoms with Gasteiger partial charge in [-0.25, -0.2) is 0 Å². The molecule has 1 aromatic rings. The van der Waals surface area contributed by atoms with Crippen LogP contribution >= 0.6 is 0 Å². The molecule has 0 saturated heterocycles. The van der Waals surface area contributed by atoms with Crippen molar-refractivity contribution in [2.45, 2.75) is 19.8 Å². The van der Waals surface area contributed by atoms with Gasteiger partial charge in [0, 0.05) is 19.1 Å². The standard InChI is InChI=1S/C13H20O2/c1-2-15-11-13(10-14)9-8-12-6-4-3-5-7-12/h3-7,13-14H,2,8-11H2,1H3. The molecule has 0 heterocycles. The molecule has 1 rings (SSSR count). The van der Waals surface area contributed by atoms with Crippen molar-refractivity contribution in [3.63, 3.8) is 0 Å². The van der Waals surface area contributed by atoms with E-state index in [1.54, 1.807) is 0 Å². The largest absolute Gasteiger partial charge is 0.396 e. The summed E-state index contributed by atoms with van der Waals surface area (Å²) < 4.78 is 5.31. The number of ether oxygens (including phenoxy) is 1. The Balaban J connectivity index is 2.28. The van der Waals surface area contributed by atoms with Crippen LogP contribution in [0.15, 0.2) is 30.3 Å². The van der Waals surface area contributed by atoms with Gasteiger partial charge in [-0.1, -0.05) is 30.3 Å². The van der Waals surface area contributed by atoms with Gasteiger partial charge < -0.3 is 9.84 Å². The third-order valence-electron chi connectivity index (χ3n) is 2.50. The second-order valence-corrected chi connectivity index (χ2v) is 3.73. The number of aliphatic hydroxyl groups is 1. The van der Waals surface area contributed by atoms with Crippen LogP contribution in [-0.4, -0.2) is 24.9 Å². The number of hydrogen-bond acceptors (Lipinski definition) is 2. The van der Waals surface area contributed by atoms with Crippen LogP contribution in [-0.2, 0) is 11.2 Å². The third kappa shape index (κ3) is 4.96. The van der Waals surface area contributed by atoms with Crippen LogP contribution < -0.4 is 0 Å². The van der Waals surface area contributed by atoms with E-state index in [1.807, 2.05) is 25.1 Å². The maximum absolute atomic E-state index is 9.15. The molecular formula is C13H20O2. The lowest BCUT2D eigenvalue weighted by Crippen LogP contribution is -2.14. The van der Waals surface area contributed by atoms with Crippen LogP contribution in [0.2, 0.25) is 0 Å². The molecule has 0 radical (unpaired) electrons. The summed E-state index contributed by atoms with van der Waals surface area (Å²) in [6.45, 7) is 3.58. The van der Waals surface area contributed by atoms with Crippen molar-refractivity contribution in [3.05, 3.63) is 35.9 Å². The topological polar surface area (TPSA) is 29.5 Å². The number of rotatable bonds is 7. The highest BCUT2D eigenvalue weighted by molar-refractivity contribution is 5.14. The molecule has 1 unspecified atom stereocenters. The van der Waals surface area contributed by atoms with E-state index in [0.29, 0.717) is 6.61 Å². The molecule has 0 aromatic heterocycles. The van der Waals surface area contributed by atoms with Crippen LogP contribution in [0.3, 0.4) is 0 Å². The Labute approximate surface area is 91.9 Å². The lowest BCUT2D eigenvalue weighted by molar-refractivity contribution is 0.0773. The Kier molecular flexibility index (Phi) is 6.05. The Bertz CT molecular complexity index is 246. The number of benzene rings is 1. The minimum Gasteiger partial charge on any atom is -0.396 e. The van der Waals surface area contributed by atoms with Crippen molar-refractivity contribution in [1.82, 2.24) is 0 Å². The fourth-order valence-corrected chi connectivity index (χ4v) is 1.53. The summed E-state index contributed by atoms with van der Waals surface area (Å²) in [5.74, 6) is 0.269. The second-order valence-electron chi connectivity index (χ2n) is 3.73. The van der Waals surface area contributed by atoms with Gasteiger partial charge in [0.15, 0.2) is 0 Å². The summed E-state index contributed by atoms with van der Waals surface area (Å²) in [4.78, 5) is 0. The van der Waals surface area contributed by atoms with Gasteiger partial charge in [-0.15, -0.1) is 0 Å². The molecule has 15 heavy (non-hydrogen) atoms. The fourth-order valence-electron chi connectivity index (χ4n) is 1.53. The van der Waals surface area contributed by atoms with E-state index < -0.39 is 0 Å². The molecule has 0 fully saturated rings. The maximum Gasteiger partial charge on any atom is 0.0516 e. The van der Waals surface area contributed by atoms with E-state index in [2.05, 4.69) is 12.1 Å². The molecule has 1 aromatic carbocycles. The highest BCUT2D eigenvalue weighted by Crippen LogP contribution is 2.09. The average molecular weight is 208 g/mol. The molecule has 0 saturated carbocycles. The van der Waals surface area contributed by atoms with Crippen molar-refractivity contribution in [2.24, 2.45) is 5.92 Å². The molecule has 0 amide bonds. The molecular weight excluding hydrogens is 188 g/mol. The predicted octanol–water partition coefficient (Wildman–Crippen LogP) is 2.26. The van der Waals surface area contributed by atoms with Gasteiger partial charge in [0.05, 0.1) is 6.61 Å². The normalized spacial score (nSPS) is 12.7. The number of hydrogen-bond donors (Lipinski definition) is 1. The molecule has 0 aliphatic heterocycles. The first-order valence-electron chi connectivity index (χ1n) is 5.59. The Morgan fingerprint density at radius 3 is 2.60 bits per heavy atom. The monoisotopic (exact) mass is 208 g/mol. The summed E-state index contributed by atoms with van der Waals surface area (Å²) in [7, 11) is 0. The zero-order valence-electron chi connectivity index (χ0n) is 9.36. The van der Waals surface area contributed by atoms with Crippen molar-refractivity contribution in [2.75, 3.05) is 19.8 Å². The minimum absolute atomic E-state index is 0.215. The van der Waals surface area contributed by atoms with E-state index in [0.717, 1.165) is 19.4 Å². The lowest BCUT2D eigenvalue weighted by Gasteiger charge is -2.13. The molecule has 0 aliphatic rings. The molecule has 2 nitrogen and oxygen atoms in total. The summed E-state index contributed by atoms with van der Waals surface area (Å²) in [5, 5.41) is 9.15. The SMILES string of the molecule is CCOCC(CO)CCc1ccccc1. The van der Waals surface area contributed by atoms with E-state index in [-0.39, 0.29) is 12.5 Å². The highest BCUT2D eigenvalue weighted by Gasteiger charge is 2.07. The summed E-state index contributed by atoms with van der Waals surface area (Å²) in [6.07, 6.45) is 2.00. The van der Waals surface area contributed by atoms with Gasteiger partial charge in [-0.2, -0.15) is 0 Å². The molecule has 2 heteroatoms. The molecule has 0 aliphatic carbocycles. The van der Waals surface area contributed by atoms with E-state index in [9.17, 15) is 0 Å². The summed E-state index contributed by atoms with van der Waals surface area (Å²) >= 11 is 0. The minimum atomic E-state index is 0.215. The highest BCUT2D eigenvalue weighted by atomic mass is 16.5. The van der Waals surface area contributed by atoms with E-state index >= 15 is 0 Å². The number of aryl methyl sites for hydroxylation is 1. The summed E-state index contributed by atoms with van der Waals surface area (Å²) in [6, 6.07) is 10.4. The van der Waals surface area contributed by atoms with Gasteiger partial charge in [0.25, 0.3) is 0 Å². The Hall–Kier alpha value is -0.860. The molecule has 1 atom stereocenters. The first kappa shape index (κ1) is 12.2. The quantitative estimate of drug-likeness (QED) is 0.744. The fraction of sp³-hybridized carbons (Fsp3) is 0.538. The lowest BCUT2D eigenvalue weighted by atomic mass is 10.0. The third-order valence-corrected chi connectivity index (χ3v) is 2.50. The number of aliphatic hydroxyl groups excluding tert-OH is 1. The van der Waals surface area contributed by atoms with Crippen molar-refractivity contribution >= 4 is 0 Å². The summed E-state index contributed by atoms with van der Waals surface area (Å²) in [5.41, 5.74) is 1.33. The first-order chi connectivity index (χ1) is 7.36. The first-order valence-corrected chi connectivity index (χ1v) is 5.59. The van der Waals surface area contributed by atoms with Crippen molar-refractivity contribution < 1.29 is 9.84 Å². The van der Waals surface area contributed by atoms with E-state index in [1.165, 1.54) is 5.56 Å². The van der Waals surface area contributed by atoms with Crippen molar-refractivity contribution in [3.8, 4) is 0 Å². The van der Waals surface area contributed by atoms with Crippen LogP contribution in [0.4, 0.5) is 0 Å². The van der Waals surface area contributed by atoms with Gasteiger partial charge in [-0.3, -0.25) is 0 Å². The van der Waals surface area contributed by atoms with Crippen LogP contribution in [0, 0.1) is 5.92 Å². The zero-order chi connectivity index (χ0) is 10.9. The molecule has 1 N–H and O–H groups in total. The van der Waals surface area contributed by atoms with Crippen LogP contribution in [0.1, 0.15) is 18.9 Å². The Morgan fingerprint density at radius 2 is 2.00 bits per heavy atom. The van der Waals surface area contributed by atoms with Gasteiger partial charge in [0.2, 0.25) is 0 Å². The van der Waals surface area contributed by atoms with Gasteiger partial charge >= 0.3 is 0 Å². The van der Waals surface area contributed by atoms with Crippen molar-refractivity contribution in [1.29, 1.82) is 0 Å². The Morgan fingerprint density at radius 1 is 1.27 bits per heavy atom. The zero-order valence-corrected chi connectivity index (χ0v) is 9.36. The molecule has 0 bridgehead atoms. The molecule has 0 spiro atoms. The van der Waals surface area contributed by atoms with Gasteiger partial charge in [-0.05, 0) is 25.3 Å². The van der Waals surface area contributed by atoms with Gasteiger partial charge in [0.1, 0.15) is 0 Å². The maximum atomic E-state index is 9.15. The smallest absolute Gasteiger partial charge is 0.0516 e. The average Bonchev–Trinajstić information content (AvgIpc) is 2.31. The van der Waals surface area contributed by atoms with Crippen LogP contribution in [0.25, 0.3) is 0 Å². The van der Waals surface area contributed by atoms with E-state index in [4.69, 9.17) is 9.84 Å².